The summed E-state index contributed by atoms with van der Waals surface area (Å²) >= 11 is 0. The van der Waals surface area contributed by atoms with Crippen molar-refractivity contribution in [2.45, 2.75) is 13.5 Å². The van der Waals surface area contributed by atoms with Gasteiger partial charge in [-0.15, -0.1) is 0 Å². The van der Waals surface area contributed by atoms with Crippen LogP contribution >= 0.6 is 0 Å². The molecule has 0 amide bonds. The average Bonchev–Trinajstić information content (AvgIpc) is 2.77. The zero-order valence-electron chi connectivity index (χ0n) is 9.36. The van der Waals surface area contributed by atoms with Crippen LogP contribution in [0.5, 0.6) is 5.75 Å². The molecule has 84 valence electrons. The van der Waals surface area contributed by atoms with Crippen molar-refractivity contribution in [2.24, 2.45) is 5.73 Å². The van der Waals surface area contributed by atoms with Crippen LogP contribution in [0.15, 0.2) is 28.8 Å². The van der Waals surface area contributed by atoms with Gasteiger partial charge in [-0.1, -0.05) is 16.8 Å². The molecule has 0 saturated heterocycles. The molecule has 4 heteroatoms. The van der Waals surface area contributed by atoms with E-state index in [1.807, 2.05) is 31.2 Å². The molecule has 0 fully saturated rings. The standard InChI is InChI=1S/C12H14N2O2/c1-8-3-4-11(15-2)10(5-8)12-6-9(7-13)14-16-12/h3-6H,7,13H2,1-2H3. The van der Waals surface area contributed by atoms with Crippen LogP contribution in [0, 0.1) is 6.92 Å². The molecule has 2 aromatic rings. The lowest BCUT2D eigenvalue weighted by atomic mass is 10.1. The second-order valence-corrected chi connectivity index (χ2v) is 3.59. The Morgan fingerprint density at radius 1 is 1.38 bits per heavy atom. The highest BCUT2D eigenvalue weighted by atomic mass is 16.5. The van der Waals surface area contributed by atoms with Gasteiger partial charge >= 0.3 is 0 Å². The van der Waals surface area contributed by atoms with Gasteiger partial charge in [0.25, 0.3) is 0 Å². The van der Waals surface area contributed by atoms with Gasteiger partial charge in [-0.25, -0.2) is 0 Å². The van der Waals surface area contributed by atoms with E-state index in [4.69, 9.17) is 15.0 Å². The number of hydrogen-bond donors (Lipinski definition) is 1. The van der Waals surface area contributed by atoms with Crippen molar-refractivity contribution in [3.8, 4) is 17.1 Å². The number of benzene rings is 1. The van der Waals surface area contributed by atoms with Crippen LogP contribution in [-0.4, -0.2) is 12.3 Å². The van der Waals surface area contributed by atoms with E-state index in [1.54, 1.807) is 7.11 Å². The fourth-order valence-corrected chi connectivity index (χ4v) is 1.55. The third kappa shape index (κ3) is 1.92. The van der Waals surface area contributed by atoms with Crippen molar-refractivity contribution in [1.82, 2.24) is 5.16 Å². The molecule has 16 heavy (non-hydrogen) atoms. The normalized spacial score (nSPS) is 10.4. The van der Waals surface area contributed by atoms with E-state index < -0.39 is 0 Å². The molecule has 0 atom stereocenters. The van der Waals surface area contributed by atoms with Gasteiger partial charge in [-0.3, -0.25) is 0 Å². The Morgan fingerprint density at radius 3 is 2.81 bits per heavy atom. The van der Waals surface area contributed by atoms with Crippen LogP contribution in [0.3, 0.4) is 0 Å². The zero-order chi connectivity index (χ0) is 11.5. The maximum Gasteiger partial charge on any atom is 0.170 e. The number of rotatable bonds is 3. The molecule has 0 aliphatic carbocycles. The lowest BCUT2D eigenvalue weighted by Gasteiger charge is -2.05. The first-order chi connectivity index (χ1) is 7.74. The summed E-state index contributed by atoms with van der Waals surface area (Å²) in [6, 6.07) is 7.73. The quantitative estimate of drug-likeness (QED) is 0.857. The van der Waals surface area contributed by atoms with E-state index in [0.29, 0.717) is 12.3 Å². The molecule has 1 aromatic heterocycles. The molecule has 2 N–H and O–H groups in total. The van der Waals surface area contributed by atoms with Crippen molar-refractivity contribution in [3.63, 3.8) is 0 Å². The second-order valence-electron chi connectivity index (χ2n) is 3.59. The number of hydrogen-bond acceptors (Lipinski definition) is 4. The van der Waals surface area contributed by atoms with Crippen LogP contribution in [0.25, 0.3) is 11.3 Å². The smallest absolute Gasteiger partial charge is 0.170 e. The summed E-state index contributed by atoms with van der Waals surface area (Å²) in [5, 5.41) is 3.86. The second kappa shape index (κ2) is 4.37. The van der Waals surface area contributed by atoms with Gasteiger partial charge in [-0.2, -0.15) is 0 Å². The number of methoxy groups -OCH3 is 1. The molecule has 0 aliphatic heterocycles. The number of ether oxygens (including phenoxy) is 1. The Labute approximate surface area is 94.0 Å². The van der Waals surface area contributed by atoms with Crippen molar-refractivity contribution in [2.75, 3.05) is 7.11 Å². The number of aryl methyl sites for hydroxylation is 1. The van der Waals surface area contributed by atoms with E-state index in [-0.39, 0.29) is 0 Å². The summed E-state index contributed by atoms with van der Waals surface area (Å²) in [6.45, 7) is 2.39. The van der Waals surface area contributed by atoms with Gasteiger partial charge < -0.3 is 15.0 Å². The maximum atomic E-state index is 5.49. The van der Waals surface area contributed by atoms with E-state index in [0.717, 1.165) is 22.6 Å². The Hall–Kier alpha value is -1.81. The zero-order valence-corrected chi connectivity index (χ0v) is 9.36. The molecular formula is C12H14N2O2. The minimum atomic E-state index is 0.373. The number of nitrogens with zero attached hydrogens (tertiary/aromatic N) is 1. The fourth-order valence-electron chi connectivity index (χ4n) is 1.55. The van der Waals surface area contributed by atoms with Gasteiger partial charge in [0.05, 0.1) is 18.4 Å². The first kappa shape index (κ1) is 10.7. The molecule has 0 unspecified atom stereocenters. The van der Waals surface area contributed by atoms with Crippen LogP contribution < -0.4 is 10.5 Å². The SMILES string of the molecule is COc1ccc(C)cc1-c1cc(CN)no1. The fraction of sp³-hybridized carbons (Fsp3) is 0.250. The summed E-state index contributed by atoms with van der Waals surface area (Å²) in [4.78, 5) is 0. The highest BCUT2D eigenvalue weighted by molar-refractivity contribution is 5.66. The molecule has 0 aliphatic rings. The van der Waals surface area contributed by atoms with Gasteiger partial charge in [0.1, 0.15) is 5.75 Å². The van der Waals surface area contributed by atoms with Gasteiger partial charge in [0.2, 0.25) is 0 Å². The third-order valence-electron chi connectivity index (χ3n) is 2.39. The first-order valence-corrected chi connectivity index (χ1v) is 5.05. The Morgan fingerprint density at radius 2 is 2.19 bits per heavy atom. The highest BCUT2D eigenvalue weighted by Gasteiger charge is 2.11. The molecule has 0 saturated carbocycles. The average molecular weight is 218 g/mol. The van der Waals surface area contributed by atoms with Gasteiger partial charge in [0.15, 0.2) is 5.76 Å². The van der Waals surface area contributed by atoms with Crippen molar-refractivity contribution < 1.29 is 9.26 Å². The molecule has 0 spiro atoms. The predicted octanol–water partition coefficient (Wildman–Crippen LogP) is 2.12. The maximum absolute atomic E-state index is 5.49. The summed E-state index contributed by atoms with van der Waals surface area (Å²) in [5.41, 5.74) is 8.26. The molecule has 4 nitrogen and oxygen atoms in total. The monoisotopic (exact) mass is 218 g/mol. The van der Waals surface area contributed by atoms with Gasteiger partial charge in [-0.05, 0) is 19.1 Å². The Bertz CT molecular complexity index is 492. The van der Waals surface area contributed by atoms with Crippen molar-refractivity contribution in [3.05, 3.63) is 35.5 Å². The summed E-state index contributed by atoms with van der Waals surface area (Å²) < 4.78 is 10.5. The first-order valence-electron chi connectivity index (χ1n) is 5.05. The summed E-state index contributed by atoms with van der Waals surface area (Å²) in [5.74, 6) is 1.45. The van der Waals surface area contributed by atoms with E-state index in [2.05, 4.69) is 5.16 Å². The molecular weight excluding hydrogens is 204 g/mol. The predicted molar refractivity (Wildman–Crippen MR) is 61.1 cm³/mol. The number of aromatic nitrogens is 1. The van der Waals surface area contributed by atoms with Crippen molar-refractivity contribution in [1.29, 1.82) is 0 Å². The molecule has 1 heterocycles. The van der Waals surface area contributed by atoms with Gasteiger partial charge in [0, 0.05) is 12.6 Å². The minimum absolute atomic E-state index is 0.373. The molecule has 0 bridgehead atoms. The van der Waals surface area contributed by atoms with E-state index in [9.17, 15) is 0 Å². The van der Waals surface area contributed by atoms with Crippen LogP contribution in [0.4, 0.5) is 0 Å². The summed E-state index contributed by atoms with van der Waals surface area (Å²) in [7, 11) is 1.63. The summed E-state index contributed by atoms with van der Waals surface area (Å²) in [6.07, 6.45) is 0. The minimum Gasteiger partial charge on any atom is -0.496 e. The Kier molecular flexibility index (Phi) is 2.92. The Balaban J connectivity index is 2.49. The number of nitrogens with two attached hydrogens (primary N) is 1. The lowest BCUT2D eigenvalue weighted by Crippen LogP contribution is -1.94. The molecule has 0 radical (unpaired) electrons. The highest BCUT2D eigenvalue weighted by Crippen LogP contribution is 2.31. The lowest BCUT2D eigenvalue weighted by molar-refractivity contribution is 0.403. The van der Waals surface area contributed by atoms with Crippen LogP contribution in [0.1, 0.15) is 11.3 Å². The van der Waals surface area contributed by atoms with E-state index >= 15 is 0 Å². The van der Waals surface area contributed by atoms with E-state index in [1.165, 1.54) is 0 Å². The third-order valence-corrected chi connectivity index (χ3v) is 2.39. The van der Waals surface area contributed by atoms with Crippen LogP contribution in [0.2, 0.25) is 0 Å². The molecule has 1 aromatic carbocycles. The largest absolute Gasteiger partial charge is 0.496 e. The topological polar surface area (TPSA) is 61.3 Å². The van der Waals surface area contributed by atoms with Crippen LogP contribution in [-0.2, 0) is 6.54 Å². The molecule has 2 rings (SSSR count). The van der Waals surface area contributed by atoms with Crippen molar-refractivity contribution >= 4 is 0 Å².